The molecule has 1 aromatic heterocycles. The Balaban J connectivity index is 1.50. The summed E-state index contributed by atoms with van der Waals surface area (Å²) in [5, 5.41) is 11.4. The number of nitrogens with zero attached hydrogens (tertiary/aromatic N) is 3. The Morgan fingerprint density at radius 1 is 1.21 bits per heavy atom. The van der Waals surface area contributed by atoms with E-state index in [2.05, 4.69) is 34.5 Å². The lowest BCUT2D eigenvalue weighted by molar-refractivity contribution is -0.115. The molecule has 0 radical (unpaired) electrons. The molecule has 0 spiro atoms. The molecule has 0 unspecified atom stereocenters. The fraction of sp³-hybridized carbons (Fsp3) is 0.143. The van der Waals surface area contributed by atoms with Crippen LogP contribution in [0.3, 0.4) is 0 Å². The third-order valence-corrected chi connectivity index (χ3v) is 5.78. The Morgan fingerprint density at radius 2 is 2.00 bits per heavy atom. The van der Waals surface area contributed by atoms with Crippen LogP contribution in [-0.4, -0.2) is 28.3 Å². The van der Waals surface area contributed by atoms with Crippen molar-refractivity contribution in [2.45, 2.75) is 19.8 Å². The van der Waals surface area contributed by atoms with Gasteiger partial charge in [-0.15, -0.1) is 0 Å². The summed E-state index contributed by atoms with van der Waals surface area (Å²) < 4.78 is 0. The summed E-state index contributed by atoms with van der Waals surface area (Å²) in [6.07, 6.45) is 6.31. The molecule has 4 rings (SSSR count). The number of benzene rings is 2. The van der Waals surface area contributed by atoms with Crippen LogP contribution in [-0.2, 0) is 17.6 Å². The van der Waals surface area contributed by atoms with Gasteiger partial charge in [0.25, 0.3) is 0 Å². The van der Waals surface area contributed by atoms with E-state index in [1.165, 1.54) is 0 Å². The molecule has 3 aromatic rings. The first-order valence-corrected chi connectivity index (χ1v) is 11.1. The Bertz CT molecular complexity index is 1290. The zero-order valence-electron chi connectivity index (χ0n) is 19.2. The van der Waals surface area contributed by atoms with E-state index in [0.29, 0.717) is 11.4 Å². The first kappa shape index (κ1) is 22.9. The summed E-state index contributed by atoms with van der Waals surface area (Å²) in [4.78, 5) is 23.1. The number of nitrogens with one attached hydrogen (secondary N) is 2. The third kappa shape index (κ3) is 5.02. The molecule has 0 bridgehead atoms. The molecule has 0 atom stereocenters. The summed E-state index contributed by atoms with van der Waals surface area (Å²) in [5.74, 6) is 0.517. The van der Waals surface area contributed by atoms with Gasteiger partial charge >= 0.3 is 0 Å². The number of rotatable bonds is 7. The number of carbonyl (C=O) groups is 1. The van der Waals surface area contributed by atoms with Crippen molar-refractivity contribution in [1.29, 1.82) is 5.41 Å². The molecule has 1 aliphatic heterocycles. The van der Waals surface area contributed by atoms with Gasteiger partial charge in [0.15, 0.2) is 0 Å². The van der Waals surface area contributed by atoms with Crippen LogP contribution in [0, 0.1) is 5.41 Å². The van der Waals surface area contributed by atoms with Crippen LogP contribution in [0.15, 0.2) is 97.3 Å². The van der Waals surface area contributed by atoms with Crippen LogP contribution < -0.4 is 10.2 Å². The third-order valence-electron chi connectivity index (χ3n) is 5.78. The topological polar surface area (TPSA) is 82.0 Å². The molecule has 170 valence electrons. The van der Waals surface area contributed by atoms with Gasteiger partial charge in [0.05, 0.1) is 12.1 Å². The fourth-order valence-corrected chi connectivity index (χ4v) is 3.95. The van der Waals surface area contributed by atoms with Crippen molar-refractivity contribution in [3.63, 3.8) is 0 Å². The first-order valence-electron chi connectivity index (χ1n) is 11.1. The van der Waals surface area contributed by atoms with Crippen LogP contribution in [0.25, 0.3) is 11.3 Å². The Morgan fingerprint density at radius 3 is 2.76 bits per heavy atom. The van der Waals surface area contributed by atoms with Crippen molar-refractivity contribution in [2.24, 2.45) is 0 Å². The predicted octanol–water partition coefficient (Wildman–Crippen LogP) is 5.35. The van der Waals surface area contributed by atoms with Gasteiger partial charge in [0.1, 0.15) is 5.84 Å². The van der Waals surface area contributed by atoms with Crippen molar-refractivity contribution in [3.05, 3.63) is 108 Å². The minimum atomic E-state index is -0.160. The molecular formula is C28H27N5O. The minimum Gasteiger partial charge on any atom is -0.326 e. The van der Waals surface area contributed by atoms with Crippen molar-refractivity contribution in [3.8, 4) is 11.3 Å². The van der Waals surface area contributed by atoms with E-state index < -0.39 is 0 Å². The highest BCUT2D eigenvalue weighted by atomic mass is 16.1. The number of allylic oxidation sites excluding steroid dienone is 2. The van der Waals surface area contributed by atoms with Gasteiger partial charge in [-0.25, -0.2) is 9.97 Å². The van der Waals surface area contributed by atoms with Crippen LogP contribution in [0.2, 0.25) is 0 Å². The van der Waals surface area contributed by atoms with Gasteiger partial charge in [-0.2, -0.15) is 0 Å². The summed E-state index contributed by atoms with van der Waals surface area (Å²) in [7, 11) is 0. The van der Waals surface area contributed by atoms with Gasteiger partial charge < -0.3 is 4.90 Å². The van der Waals surface area contributed by atoms with E-state index in [1.54, 1.807) is 12.3 Å². The number of carbonyl (C=O) groups excluding carboxylic acids is 1. The number of hydrogen-bond donors (Lipinski definition) is 2. The molecule has 0 saturated heterocycles. The molecule has 1 aliphatic rings. The Kier molecular flexibility index (Phi) is 6.78. The number of aromatic nitrogens is 2. The van der Waals surface area contributed by atoms with Crippen LogP contribution in [0.1, 0.15) is 18.1 Å². The standard InChI is InChI=1S/C28H27N5O/c1-4-8-19(2)20(3)27(29)33-16-14-23-18-22(11-12-25(23)33)24-13-15-30-28(31-24)32-26(34)17-21-9-6-5-7-10-21/h4-13,15,18,29H,1,3,14,16-17H2,2H3,(H,30,31,32,34). The molecule has 1 amide bonds. The minimum absolute atomic E-state index is 0.160. The molecule has 0 saturated carbocycles. The highest BCUT2D eigenvalue weighted by Gasteiger charge is 2.24. The molecule has 6 heteroatoms. The van der Waals surface area contributed by atoms with Gasteiger partial charge in [-0.1, -0.05) is 61.7 Å². The summed E-state index contributed by atoms with van der Waals surface area (Å²) in [5.41, 5.74) is 6.37. The number of amides is 1. The largest absolute Gasteiger partial charge is 0.326 e. The fourth-order valence-electron chi connectivity index (χ4n) is 3.95. The van der Waals surface area contributed by atoms with E-state index in [9.17, 15) is 4.79 Å². The number of fused-ring (bicyclic) bond motifs is 1. The number of anilines is 2. The second-order valence-corrected chi connectivity index (χ2v) is 8.13. The molecule has 34 heavy (non-hydrogen) atoms. The molecule has 2 aromatic carbocycles. The SMILES string of the molecule is C=CC=C(C)C(=C)C(=N)N1CCc2cc(-c3ccnc(NC(=O)Cc4ccccc4)n3)ccc21. The van der Waals surface area contributed by atoms with Crippen LogP contribution in [0.5, 0.6) is 0 Å². The van der Waals surface area contributed by atoms with E-state index in [-0.39, 0.29) is 18.3 Å². The summed E-state index contributed by atoms with van der Waals surface area (Å²) in [6, 6.07) is 17.5. The van der Waals surface area contributed by atoms with Crippen molar-refractivity contribution < 1.29 is 4.79 Å². The number of amidine groups is 1. The van der Waals surface area contributed by atoms with Crippen molar-refractivity contribution in [2.75, 3.05) is 16.8 Å². The van der Waals surface area contributed by atoms with Gasteiger partial charge in [-0.3, -0.25) is 15.5 Å². The lowest BCUT2D eigenvalue weighted by Gasteiger charge is -2.22. The van der Waals surface area contributed by atoms with E-state index in [1.807, 2.05) is 66.4 Å². The van der Waals surface area contributed by atoms with Crippen LogP contribution >= 0.6 is 0 Å². The van der Waals surface area contributed by atoms with Crippen molar-refractivity contribution in [1.82, 2.24) is 9.97 Å². The Labute approximate surface area is 199 Å². The maximum absolute atomic E-state index is 12.4. The molecule has 6 nitrogen and oxygen atoms in total. The van der Waals surface area contributed by atoms with Crippen molar-refractivity contribution >= 4 is 23.4 Å². The zero-order chi connectivity index (χ0) is 24.1. The monoisotopic (exact) mass is 449 g/mol. The van der Waals surface area contributed by atoms with Crippen LogP contribution in [0.4, 0.5) is 11.6 Å². The predicted molar refractivity (Wildman–Crippen MR) is 138 cm³/mol. The molecule has 2 N–H and O–H groups in total. The van der Waals surface area contributed by atoms with Gasteiger partial charge in [0, 0.05) is 29.6 Å². The lowest BCUT2D eigenvalue weighted by atomic mass is 10.0. The van der Waals surface area contributed by atoms with E-state index >= 15 is 0 Å². The second kappa shape index (κ2) is 10.1. The average Bonchev–Trinajstić information content (AvgIpc) is 3.27. The normalized spacial score (nSPS) is 12.7. The summed E-state index contributed by atoms with van der Waals surface area (Å²) in [6.45, 7) is 10.5. The maximum atomic E-state index is 12.4. The van der Waals surface area contributed by atoms with Gasteiger partial charge in [0.2, 0.25) is 11.9 Å². The quantitative estimate of drug-likeness (QED) is 0.289. The highest BCUT2D eigenvalue weighted by Crippen LogP contribution is 2.33. The average molecular weight is 450 g/mol. The lowest BCUT2D eigenvalue weighted by Crippen LogP contribution is -2.29. The zero-order valence-corrected chi connectivity index (χ0v) is 19.2. The first-order chi connectivity index (χ1) is 16.5. The molecule has 2 heterocycles. The maximum Gasteiger partial charge on any atom is 0.231 e. The molecule has 0 fully saturated rings. The summed E-state index contributed by atoms with van der Waals surface area (Å²) >= 11 is 0. The Hall–Kier alpha value is -4.32. The van der Waals surface area contributed by atoms with E-state index in [0.717, 1.165) is 46.6 Å². The number of hydrogen-bond acceptors (Lipinski definition) is 4. The smallest absolute Gasteiger partial charge is 0.231 e. The van der Waals surface area contributed by atoms with E-state index in [4.69, 9.17) is 5.41 Å². The molecule has 0 aliphatic carbocycles. The highest BCUT2D eigenvalue weighted by molar-refractivity contribution is 6.11. The second-order valence-electron chi connectivity index (χ2n) is 8.13. The van der Waals surface area contributed by atoms with Gasteiger partial charge in [-0.05, 0) is 48.2 Å². The molecular weight excluding hydrogens is 422 g/mol.